The van der Waals surface area contributed by atoms with Crippen LogP contribution in [0.5, 0.6) is 0 Å². The number of ether oxygens (including phenoxy) is 3. The van der Waals surface area contributed by atoms with Crippen LogP contribution in [0.2, 0.25) is 0 Å². The summed E-state index contributed by atoms with van der Waals surface area (Å²) >= 11 is 0. The van der Waals surface area contributed by atoms with Crippen LogP contribution < -0.4 is 0 Å². The van der Waals surface area contributed by atoms with Gasteiger partial charge in [0, 0.05) is 0 Å². The van der Waals surface area contributed by atoms with Crippen molar-refractivity contribution < 1.29 is 14.2 Å². The van der Waals surface area contributed by atoms with E-state index in [-0.39, 0.29) is 0 Å². The van der Waals surface area contributed by atoms with Gasteiger partial charge in [-0.25, -0.2) is 0 Å². The molecule has 0 aromatic heterocycles. The second kappa shape index (κ2) is 5.20. The van der Waals surface area contributed by atoms with Crippen LogP contribution in [0.3, 0.4) is 0 Å². The molecule has 114 valence electrons. The molecule has 22 heavy (non-hydrogen) atoms. The summed E-state index contributed by atoms with van der Waals surface area (Å²) in [7, 11) is 0. The molecule has 3 heteroatoms. The molecule has 0 saturated carbocycles. The molecule has 4 rings (SSSR count). The third-order valence-corrected chi connectivity index (χ3v) is 4.71. The Morgan fingerprint density at radius 2 is 1.00 bits per heavy atom. The fraction of sp³-hybridized carbons (Fsp3) is 0.368. The van der Waals surface area contributed by atoms with Crippen molar-refractivity contribution in [3.8, 4) is 0 Å². The van der Waals surface area contributed by atoms with Crippen molar-refractivity contribution >= 4 is 16.7 Å². The molecule has 3 nitrogen and oxygen atoms in total. The summed E-state index contributed by atoms with van der Waals surface area (Å²) in [6.45, 7) is 16.4. The lowest BCUT2D eigenvalue weighted by Gasteiger charge is -2.32. The average molecular weight is 296 g/mol. The minimum Gasteiger partial charge on any atom is -0.376 e. The number of hydrogen-bond acceptors (Lipinski definition) is 3. The van der Waals surface area contributed by atoms with Gasteiger partial charge in [-0.2, -0.15) is 0 Å². The van der Waals surface area contributed by atoms with Crippen molar-refractivity contribution in [2.45, 2.75) is 26.2 Å². The van der Waals surface area contributed by atoms with E-state index >= 15 is 0 Å². The normalized spacial score (nSPS) is 21.0. The molecule has 0 fully saturated rings. The van der Waals surface area contributed by atoms with Crippen LogP contribution in [0.1, 0.15) is 39.8 Å². The Kier molecular flexibility index (Phi) is 3.30. The minimum absolute atomic E-state index is 0.577. The van der Waals surface area contributed by atoms with E-state index in [0.29, 0.717) is 39.6 Å². The van der Waals surface area contributed by atoms with Crippen LogP contribution in [0, 0.1) is 0 Å². The maximum atomic E-state index is 5.82. The molecular weight excluding hydrogens is 276 g/mol. The summed E-state index contributed by atoms with van der Waals surface area (Å²) in [5, 5.41) is 0. The van der Waals surface area contributed by atoms with Crippen LogP contribution in [-0.2, 0) is 34.0 Å². The lowest BCUT2D eigenvalue weighted by Crippen LogP contribution is -2.21. The van der Waals surface area contributed by atoms with Gasteiger partial charge in [0.15, 0.2) is 0 Å². The Morgan fingerprint density at radius 1 is 0.545 bits per heavy atom. The van der Waals surface area contributed by atoms with Gasteiger partial charge in [-0.1, -0.05) is 19.7 Å². The predicted octanol–water partition coefficient (Wildman–Crippen LogP) is 3.71. The van der Waals surface area contributed by atoms with Gasteiger partial charge in [0.25, 0.3) is 0 Å². The molecule has 3 aliphatic rings. The lowest BCUT2D eigenvalue weighted by atomic mass is 9.78. The smallest absolute Gasteiger partial charge is 0.0733 e. The van der Waals surface area contributed by atoms with Crippen molar-refractivity contribution in [1.82, 2.24) is 0 Å². The molecule has 0 atom stereocenters. The van der Waals surface area contributed by atoms with Crippen molar-refractivity contribution in [2.75, 3.05) is 19.8 Å². The lowest BCUT2D eigenvalue weighted by molar-refractivity contribution is 0.125. The van der Waals surface area contributed by atoms with Crippen molar-refractivity contribution in [3.05, 3.63) is 53.1 Å². The Morgan fingerprint density at radius 3 is 1.55 bits per heavy atom. The maximum absolute atomic E-state index is 5.82. The molecule has 0 radical (unpaired) electrons. The van der Waals surface area contributed by atoms with E-state index in [1.807, 2.05) is 0 Å². The molecule has 0 N–H and O–H groups in total. The quantitative estimate of drug-likeness (QED) is 0.730. The first kappa shape index (κ1) is 13.9. The Balaban J connectivity index is 2.10. The number of fused-ring (bicyclic) bond motifs is 6. The van der Waals surface area contributed by atoms with E-state index in [9.17, 15) is 0 Å². The fourth-order valence-electron chi connectivity index (χ4n) is 3.83. The van der Waals surface area contributed by atoms with E-state index in [0.717, 1.165) is 23.1 Å². The highest BCUT2D eigenvalue weighted by Gasteiger charge is 2.31. The first-order valence-corrected chi connectivity index (χ1v) is 7.66. The summed E-state index contributed by atoms with van der Waals surface area (Å²) in [5.41, 5.74) is 10.4. The Labute approximate surface area is 130 Å². The van der Waals surface area contributed by atoms with Crippen LogP contribution >= 0.6 is 0 Å². The summed E-state index contributed by atoms with van der Waals surface area (Å²) in [6.07, 6.45) is 0.855. The van der Waals surface area contributed by atoms with E-state index in [1.165, 1.54) is 33.4 Å². The van der Waals surface area contributed by atoms with E-state index in [1.54, 1.807) is 0 Å². The highest BCUT2D eigenvalue weighted by molar-refractivity contribution is 5.87. The van der Waals surface area contributed by atoms with Gasteiger partial charge < -0.3 is 14.2 Å². The molecule has 0 saturated heterocycles. The number of hydrogen-bond donors (Lipinski definition) is 0. The third-order valence-electron chi connectivity index (χ3n) is 4.71. The predicted molar refractivity (Wildman–Crippen MR) is 87.1 cm³/mol. The first-order valence-electron chi connectivity index (χ1n) is 7.66. The summed E-state index contributed by atoms with van der Waals surface area (Å²) < 4.78 is 17.3. The van der Waals surface area contributed by atoms with Gasteiger partial charge >= 0.3 is 0 Å². The Bertz CT molecular complexity index is 712. The highest BCUT2D eigenvalue weighted by Crippen LogP contribution is 2.44. The van der Waals surface area contributed by atoms with Crippen LogP contribution in [0.25, 0.3) is 16.7 Å². The summed E-state index contributed by atoms with van der Waals surface area (Å²) in [5.74, 6) is 0. The van der Waals surface area contributed by atoms with E-state index in [4.69, 9.17) is 14.2 Å². The van der Waals surface area contributed by atoms with E-state index in [2.05, 4.69) is 19.7 Å². The molecule has 0 aliphatic carbocycles. The largest absolute Gasteiger partial charge is 0.376 e. The second-order valence-corrected chi connectivity index (χ2v) is 6.16. The average Bonchev–Trinajstić information content (AvgIpc) is 2.69. The molecule has 0 bridgehead atoms. The Hall–Kier alpha value is -1.68. The summed E-state index contributed by atoms with van der Waals surface area (Å²) in [6, 6.07) is 0. The van der Waals surface area contributed by atoms with Crippen molar-refractivity contribution in [2.24, 2.45) is 0 Å². The molecule has 3 aliphatic heterocycles. The molecule has 1 aromatic carbocycles. The standard InChI is InChI=1S/C19H20O3/c1-11-4-5-20-8-14-17(11)15-9-21-7-13(3)19(15)16-10-22-6-12(2)18(14)16/h1-10H2. The molecule has 0 spiro atoms. The van der Waals surface area contributed by atoms with E-state index < -0.39 is 0 Å². The SMILES string of the molecule is C=C1CCOCc2c1c1c(c3c2C(=C)COC3)C(=C)COC1. The molecule has 0 unspecified atom stereocenters. The van der Waals surface area contributed by atoms with Gasteiger partial charge in [-0.3, -0.25) is 0 Å². The zero-order valence-corrected chi connectivity index (χ0v) is 12.8. The monoisotopic (exact) mass is 296 g/mol. The van der Waals surface area contributed by atoms with Gasteiger partial charge in [0.1, 0.15) is 0 Å². The van der Waals surface area contributed by atoms with Crippen molar-refractivity contribution in [1.29, 1.82) is 0 Å². The first-order chi connectivity index (χ1) is 10.7. The van der Waals surface area contributed by atoms with Gasteiger partial charge in [-0.05, 0) is 56.5 Å². The number of rotatable bonds is 0. The highest BCUT2D eigenvalue weighted by atomic mass is 16.5. The molecular formula is C19H20O3. The fourth-order valence-corrected chi connectivity index (χ4v) is 3.83. The summed E-state index contributed by atoms with van der Waals surface area (Å²) in [4.78, 5) is 0. The molecule has 3 heterocycles. The minimum atomic E-state index is 0.577. The van der Waals surface area contributed by atoms with Crippen LogP contribution in [0.4, 0.5) is 0 Å². The van der Waals surface area contributed by atoms with Gasteiger partial charge in [0.05, 0.1) is 39.6 Å². The zero-order valence-electron chi connectivity index (χ0n) is 12.8. The third kappa shape index (κ3) is 1.93. The topological polar surface area (TPSA) is 27.7 Å². The maximum Gasteiger partial charge on any atom is 0.0733 e. The zero-order chi connectivity index (χ0) is 15.3. The van der Waals surface area contributed by atoms with Crippen LogP contribution in [0.15, 0.2) is 19.7 Å². The molecule has 0 amide bonds. The van der Waals surface area contributed by atoms with Crippen molar-refractivity contribution in [3.63, 3.8) is 0 Å². The number of benzene rings is 1. The molecule has 1 aromatic rings. The van der Waals surface area contributed by atoms with Gasteiger partial charge in [0.2, 0.25) is 0 Å². The second-order valence-electron chi connectivity index (χ2n) is 6.16. The van der Waals surface area contributed by atoms with Crippen LogP contribution in [-0.4, -0.2) is 19.8 Å². The van der Waals surface area contributed by atoms with Gasteiger partial charge in [-0.15, -0.1) is 0 Å².